The minimum atomic E-state index is -0.169. The number of carbonyl (C=O) groups is 1. The van der Waals surface area contributed by atoms with E-state index in [1.807, 2.05) is 30.3 Å². The largest absolute Gasteiger partial charge is 0.497 e. The van der Waals surface area contributed by atoms with Crippen LogP contribution in [0.1, 0.15) is 11.3 Å². The van der Waals surface area contributed by atoms with E-state index in [1.165, 1.54) is 0 Å². The van der Waals surface area contributed by atoms with Gasteiger partial charge in [-0.05, 0) is 42.0 Å². The van der Waals surface area contributed by atoms with Gasteiger partial charge in [-0.3, -0.25) is 4.79 Å². The molecule has 0 bridgehead atoms. The third-order valence-corrected chi connectivity index (χ3v) is 3.03. The van der Waals surface area contributed by atoms with Gasteiger partial charge in [-0.15, -0.1) is 0 Å². The van der Waals surface area contributed by atoms with Gasteiger partial charge >= 0.3 is 0 Å². The molecule has 0 saturated carbocycles. The highest BCUT2D eigenvalue weighted by Gasteiger charge is 2.06. The standard InChI is InChI=1S/C15H16N2O3S/c1-19-12-6-4-11(5-7-12)9-14(18)17-15(21)16-10-13-3-2-8-20-13/h2-8H,9-10H2,1H3,(H2,16,17,18,21). The average Bonchev–Trinajstić information content (AvgIpc) is 2.99. The van der Waals surface area contributed by atoms with Crippen molar-refractivity contribution in [1.29, 1.82) is 0 Å². The first kappa shape index (κ1) is 15.1. The lowest BCUT2D eigenvalue weighted by molar-refractivity contribution is -0.119. The summed E-state index contributed by atoms with van der Waals surface area (Å²) in [6.45, 7) is 0.439. The Bertz CT molecular complexity index is 594. The Morgan fingerprint density at radius 1 is 1.29 bits per heavy atom. The molecule has 0 saturated heterocycles. The van der Waals surface area contributed by atoms with E-state index >= 15 is 0 Å². The van der Waals surface area contributed by atoms with E-state index in [0.29, 0.717) is 6.54 Å². The molecule has 0 spiro atoms. The van der Waals surface area contributed by atoms with E-state index in [-0.39, 0.29) is 17.4 Å². The van der Waals surface area contributed by atoms with Crippen LogP contribution in [-0.2, 0) is 17.8 Å². The summed E-state index contributed by atoms with van der Waals surface area (Å²) < 4.78 is 10.2. The van der Waals surface area contributed by atoms with Gasteiger partial charge in [0.1, 0.15) is 11.5 Å². The molecule has 0 radical (unpaired) electrons. The molecule has 5 nitrogen and oxygen atoms in total. The van der Waals surface area contributed by atoms with Gasteiger partial charge in [-0.2, -0.15) is 0 Å². The topological polar surface area (TPSA) is 63.5 Å². The summed E-state index contributed by atoms with van der Waals surface area (Å²) in [5, 5.41) is 5.82. The van der Waals surface area contributed by atoms with Crippen LogP contribution in [0.3, 0.4) is 0 Å². The van der Waals surface area contributed by atoms with E-state index in [2.05, 4.69) is 10.6 Å². The lowest BCUT2D eigenvalue weighted by atomic mass is 10.1. The SMILES string of the molecule is COc1ccc(CC(=O)NC(=S)NCc2ccco2)cc1. The molecule has 0 unspecified atom stereocenters. The molecule has 0 fully saturated rings. The molecule has 2 rings (SSSR count). The summed E-state index contributed by atoms with van der Waals surface area (Å²) in [5.74, 6) is 1.34. The normalized spacial score (nSPS) is 9.95. The molecule has 2 N–H and O–H groups in total. The van der Waals surface area contributed by atoms with E-state index < -0.39 is 0 Å². The number of thiocarbonyl (C=S) groups is 1. The number of hydrogen-bond donors (Lipinski definition) is 2. The van der Waals surface area contributed by atoms with Gasteiger partial charge < -0.3 is 19.8 Å². The Hall–Kier alpha value is -2.34. The number of carbonyl (C=O) groups excluding carboxylic acids is 1. The van der Waals surface area contributed by atoms with Crippen LogP contribution in [0.4, 0.5) is 0 Å². The summed E-state index contributed by atoms with van der Waals surface area (Å²) in [6.07, 6.45) is 1.84. The molecule has 0 aliphatic carbocycles. The van der Waals surface area contributed by atoms with E-state index in [9.17, 15) is 4.79 Å². The molecule has 1 aromatic heterocycles. The summed E-state index contributed by atoms with van der Waals surface area (Å²) in [6, 6.07) is 10.9. The minimum absolute atomic E-state index is 0.169. The van der Waals surface area contributed by atoms with Gasteiger partial charge in [0.25, 0.3) is 0 Å². The second-order valence-electron chi connectivity index (χ2n) is 4.34. The van der Waals surface area contributed by atoms with Gasteiger partial charge in [0, 0.05) is 0 Å². The number of methoxy groups -OCH3 is 1. The number of benzene rings is 1. The van der Waals surface area contributed by atoms with E-state index in [4.69, 9.17) is 21.4 Å². The average molecular weight is 304 g/mol. The van der Waals surface area contributed by atoms with Crippen molar-refractivity contribution in [2.45, 2.75) is 13.0 Å². The molecular formula is C15H16N2O3S. The monoisotopic (exact) mass is 304 g/mol. The fourth-order valence-corrected chi connectivity index (χ4v) is 1.91. The van der Waals surface area contributed by atoms with Crippen LogP contribution in [0.2, 0.25) is 0 Å². The maximum atomic E-state index is 11.8. The third-order valence-electron chi connectivity index (χ3n) is 2.78. The molecule has 1 aromatic carbocycles. The van der Waals surface area contributed by atoms with E-state index in [0.717, 1.165) is 17.1 Å². The molecular weight excluding hydrogens is 288 g/mol. The lowest BCUT2D eigenvalue weighted by Crippen LogP contribution is -2.39. The van der Waals surface area contributed by atoms with Crippen LogP contribution in [0.25, 0.3) is 0 Å². The lowest BCUT2D eigenvalue weighted by Gasteiger charge is -2.08. The third kappa shape index (κ3) is 4.92. The Labute approximate surface area is 128 Å². The van der Waals surface area contributed by atoms with Crippen molar-refractivity contribution in [2.75, 3.05) is 7.11 Å². The molecule has 1 heterocycles. The Morgan fingerprint density at radius 3 is 2.67 bits per heavy atom. The first-order valence-corrected chi connectivity index (χ1v) is 6.81. The van der Waals surface area contributed by atoms with Crippen molar-refractivity contribution in [2.24, 2.45) is 0 Å². The number of nitrogens with one attached hydrogen (secondary N) is 2. The van der Waals surface area contributed by atoms with Gasteiger partial charge in [0.05, 0.1) is 26.3 Å². The highest BCUT2D eigenvalue weighted by Crippen LogP contribution is 2.11. The van der Waals surface area contributed by atoms with Crippen molar-refractivity contribution in [3.63, 3.8) is 0 Å². The molecule has 21 heavy (non-hydrogen) atoms. The fourth-order valence-electron chi connectivity index (χ4n) is 1.72. The fraction of sp³-hybridized carbons (Fsp3) is 0.200. The molecule has 1 amide bonds. The summed E-state index contributed by atoms with van der Waals surface area (Å²) >= 11 is 5.05. The van der Waals surface area contributed by atoms with Crippen molar-refractivity contribution in [3.8, 4) is 5.75 Å². The Kier molecular flexibility index (Phi) is 5.34. The minimum Gasteiger partial charge on any atom is -0.497 e. The van der Waals surface area contributed by atoms with Crippen LogP contribution in [-0.4, -0.2) is 18.1 Å². The number of rotatable bonds is 5. The number of amides is 1. The van der Waals surface area contributed by atoms with Crippen LogP contribution in [0, 0.1) is 0 Å². The second kappa shape index (κ2) is 7.44. The zero-order valence-electron chi connectivity index (χ0n) is 11.6. The Balaban J connectivity index is 1.76. The molecule has 6 heteroatoms. The highest BCUT2D eigenvalue weighted by molar-refractivity contribution is 7.80. The van der Waals surface area contributed by atoms with Crippen LogP contribution in [0.5, 0.6) is 5.75 Å². The molecule has 0 atom stereocenters. The quantitative estimate of drug-likeness (QED) is 0.828. The summed E-state index contributed by atoms with van der Waals surface area (Å²) in [7, 11) is 1.60. The second-order valence-corrected chi connectivity index (χ2v) is 4.74. The summed E-state index contributed by atoms with van der Waals surface area (Å²) in [5.41, 5.74) is 0.891. The van der Waals surface area contributed by atoms with Crippen LogP contribution in [0.15, 0.2) is 47.1 Å². The first-order chi connectivity index (χ1) is 10.2. The van der Waals surface area contributed by atoms with Crippen molar-refractivity contribution in [1.82, 2.24) is 10.6 Å². The van der Waals surface area contributed by atoms with Crippen molar-refractivity contribution < 1.29 is 13.9 Å². The highest BCUT2D eigenvalue weighted by atomic mass is 32.1. The number of hydrogen-bond acceptors (Lipinski definition) is 4. The number of ether oxygens (including phenoxy) is 1. The van der Waals surface area contributed by atoms with Gasteiger partial charge in [0.2, 0.25) is 5.91 Å². The molecule has 0 aliphatic rings. The molecule has 0 aliphatic heterocycles. The number of furan rings is 1. The zero-order valence-corrected chi connectivity index (χ0v) is 12.4. The molecule has 110 valence electrons. The summed E-state index contributed by atoms with van der Waals surface area (Å²) in [4.78, 5) is 11.8. The predicted molar refractivity (Wildman–Crippen MR) is 83.0 cm³/mol. The van der Waals surface area contributed by atoms with Gasteiger partial charge in [-0.25, -0.2) is 0 Å². The van der Waals surface area contributed by atoms with Crippen LogP contribution < -0.4 is 15.4 Å². The van der Waals surface area contributed by atoms with Gasteiger partial charge in [0.15, 0.2) is 5.11 Å². The predicted octanol–water partition coefficient (Wildman–Crippen LogP) is 2.02. The first-order valence-electron chi connectivity index (χ1n) is 6.40. The van der Waals surface area contributed by atoms with Crippen molar-refractivity contribution >= 4 is 23.2 Å². The van der Waals surface area contributed by atoms with Crippen LogP contribution >= 0.6 is 12.2 Å². The smallest absolute Gasteiger partial charge is 0.230 e. The zero-order chi connectivity index (χ0) is 15.1. The van der Waals surface area contributed by atoms with Gasteiger partial charge in [-0.1, -0.05) is 12.1 Å². The molecule has 2 aromatic rings. The van der Waals surface area contributed by atoms with Crippen molar-refractivity contribution in [3.05, 3.63) is 54.0 Å². The maximum absolute atomic E-state index is 11.8. The Morgan fingerprint density at radius 2 is 2.05 bits per heavy atom. The maximum Gasteiger partial charge on any atom is 0.230 e. The van der Waals surface area contributed by atoms with E-state index in [1.54, 1.807) is 19.4 Å².